The summed E-state index contributed by atoms with van der Waals surface area (Å²) >= 11 is 0. The van der Waals surface area contributed by atoms with Crippen molar-refractivity contribution in [3.63, 3.8) is 0 Å². The molecule has 1 heterocycles. The van der Waals surface area contributed by atoms with E-state index in [1.54, 1.807) is 0 Å². The van der Waals surface area contributed by atoms with E-state index in [1.807, 2.05) is 0 Å². The monoisotopic (exact) mass is 295 g/mol. The minimum atomic E-state index is 0.0342. The van der Waals surface area contributed by atoms with Gasteiger partial charge in [-0.1, -0.05) is 17.7 Å². The van der Waals surface area contributed by atoms with Gasteiger partial charge in [-0.15, -0.1) is 0 Å². The normalized spacial score (nSPS) is 41.3. The molecule has 1 aromatic carbocycles. The number of anilines is 1. The fraction of sp³-hybridized carbons (Fsp3) is 0.650. The van der Waals surface area contributed by atoms with Gasteiger partial charge in [0.2, 0.25) is 0 Å². The Bertz CT molecular complexity index is 612. The van der Waals surface area contributed by atoms with Gasteiger partial charge in [0, 0.05) is 17.6 Å². The van der Waals surface area contributed by atoms with Gasteiger partial charge in [-0.25, -0.2) is 0 Å². The van der Waals surface area contributed by atoms with Gasteiger partial charge in [0.1, 0.15) is 5.78 Å². The molecule has 2 nitrogen and oxygen atoms in total. The van der Waals surface area contributed by atoms with E-state index < -0.39 is 0 Å². The van der Waals surface area contributed by atoms with E-state index in [9.17, 15) is 4.79 Å². The van der Waals surface area contributed by atoms with E-state index in [1.165, 1.54) is 55.3 Å². The van der Waals surface area contributed by atoms with Crippen LogP contribution in [0.3, 0.4) is 0 Å². The summed E-state index contributed by atoms with van der Waals surface area (Å²) in [6.45, 7) is 2.95. The van der Waals surface area contributed by atoms with Crippen molar-refractivity contribution in [1.82, 2.24) is 0 Å². The minimum absolute atomic E-state index is 0.0342. The van der Waals surface area contributed by atoms with Crippen molar-refractivity contribution in [3.05, 3.63) is 29.3 Å². The molecule has 1 aromatic rings. The predicted molar refractivity (Wildman–Crippen MR) is 88.0 cm³/mol. The van der Waals surface area contributed by atoms with Gasteiger partial charge >= 0.3 is 0 Å². The Morgan fingerprint density at radius 2 is 1.73 bits per heavy atom. The fourth-order valence-electron chi connectivity index (χ4n) is 6.47. The lowest BCUT2D eigenvalue weighted by atomic mass is 9.47. The van der Waals surface area contributed by atoms with Gasteiger partial charge in [0.25, 0.3) is 0 Å². The van der Waals surface area contributed by atoms with E-state index in [0.29, 0.717) is 5.78 Å². The molecule has 1 atom stereocenters. The summed E-state index contributed by atoms with van der Waals surface area (Å²) < 4.78 is 0. The van der Waals surface area contributed by atoms with Crippen molar-refractivity contribution in [2.75, 3.05) is 11.9 Å². The number of hydrogen-bond donors (Lipinski definition) is 1. The molecule has 5 aliphatic rings. The summed E-state index contributed by atoms with van der Waals surface area (Å²) in [5.41, 5.74) is 3.76. The van der Waals surface area contributed by atoms with Crippen molar-refractivity contribution < 1.29 is 4.79 Å². The molecule has 116 valence electrons. The maximum atomic E-state index is 13.5. The van der Waals surface area contributed by atoms with E-state index in [-0.39, 0.29) is 11.3 Å². The van der Waals surface area contributed by atoms with Crippen LogP contribution in [-0.4, -0.2) is 12.3 Å². The van der Waals surface area contributed by atoms with Crippen LogP contribution in [-0.2, 0) is 4.79 Å². The molecule has 0 radical (unpaired) electrons. The average molecular weight is 295 g/mol. The van der Waals surface area contributed by atoms with Gasteiger partial charge in [0.05, 0.1) is 5.92 Å². The van der Waals surface area contributed by atoms with Crippen LogP contribution in [0.2, 0.25) is 0 Å². The van der Waals surface area contributed by atoms with Crippen LogP contribution >= 0.6 is 0 Å². The first-order valence-corrected chi connectivity index (χ1v) is 9.02. The molecule has 4 fully saturated rings. The van der Waals surface area contributed by atoms with Gasteiger partial charge in [-0.2, -0.15) is 0 Å². The van der Waals surface area contributed by atoms with Crippen LogP contribution in [0.4, 0.5) is 5.69 Å². The summed E-state index contributed by atoms with van der Waals surface area (Å²) in [6.07, 6.45) is 7.79. The van der Waals surface area contributed by atoms with E-state index in [2.05, 4.69) is 30.4 Å². The standard InChI is InChI=1S/C20H25NO/c1-12-2-3-18-16(4-12)17(11-21-18)19(22)20-8-13-5-14(9-20)7-15(6-13)10-20/h2-4,13-15,17,21H,5-11H2,1H3. The first-order chi connectivity index (χ1) is 10.6. The number of aryl methyl sites for hydroxylation is 1. The number of Topliss-reactive ketones (excluding diaryl/α,β-unsaturated/α-hetero) is 1. The molecule has 2 heteroatoms. The van der Waals surface area contributed by atoms with Crippen molar-refractivity contribution in [3.8, 4) is 0 Å². The van der Waals surface area contributed by atoms with Crippen LogP contribution in [0, 0.1) is 30.1 Å². The Kier molecular flexibility index (Phi) is 2.61. The number of nitrogens with one attached hydrogen (secondary N) is 1. The number of benzene rings is 1. The first-order valence-electron chi connectivity index (χ1n) is 9.02. The second-order valence-corrected chi connectivity index (χ2v) is 8.59. The number of rotatable bonds is 2. The first kappa shape index (κ1) is 13.2. The summed E-state index contributed by atoms with van der Waals surface area (Å²) in [5, 5.41) is 3.47. The van der Waals surface area contributed by atoms with Crippen LogP contribution in [0.25, 0.3) is 0 Å². The number of carbonyl (C=O) groups is 1. The molecule has 1 unspecified atom stereocenters. The highest BCUT2D eigenvalue weighted by molar-refractivity contribution is 5.94. The largest absolute Gasteiger partial charge is 0.384 e. The molecule has 0 saturated heterocycles. The van der Waals surface area contributed by atoms with Crippen molar-refractivity contribution in [2.45, 2.75) is 51.4 Å². The maximum absolute atomic E-state index is 13.5. The van der Waals surface area contributed by atoms with E-state index >= 15 is 0 Å². The maximum Gasteiger partial charge on any atom is 0.148 e. The lowest BCUT2D eigenvalue weighted by Gasteiger charge is -2.56. The minimum Gasteiger partial charge on any atom is -0.384 e. The lowest BCUT2D eigenvalue weighted by molar-refractivity contribution is -0.145. The quantitative estimate of drug-likeness (QED) is 0.882. The second-order valence-electron chi connectivity index (χ2n) is 8.59. The molecule has 4 aliphatic carbocycles. The van der Waals surface area contributed by atoms with Crippen molar-refractivity contribution in [2.24, 2.45) is 23.2 Å². The molecule has 0 spiro atoms. The SMILES string of the molecule is Cc1ccc2c(c1)C(C(=O)C13CC4CC(CC(C4)C1)C3)CN2. The Hall–Kier alpha value is -1.31. The highest BCUT2D eigenvalue weighted by atomic mass is 16.1. The highest BCUT2D eigenvalue weighted by Crippen LogP contribution is 2.61. The zero-order chi connectivity index (χ0) is 14.9. The van der Waals surface area contributed by atoms with Crippen molar-refractivity contribution >= 4 is 11.5 Å². The Morgan fingerprint density at radius 1 is 1.09 bits per heavy atom. The smallest absolute Gasteiger partial charge is 0.148 e. The van der Waals surface area contributed by atoms with Crippen LogP contribution in [0.15, 0.2) is 18.2 Å². The predicted octanol–water partition coefficient (Wildman–Crippen LogP) is 4.29. The molecule has 4 saturated carbocycles. The zero-order valence-corrected chi connectivity index (χ0v) is 13.4. The zero-order valence-electron chi connectivity index (χ0n) is 13.4. The van der Waals surface area contributed by atoms with Gasteiger partial charge in [-0.3, -0.25) is 4.79 Å². The number of fused-ring (bicyclic) bond motifs is 1. The number of hydrogen-bond acceptors (Lipinski definition) is 2. The summed E-state index contributed by atoms with van der Waals surface area (Å²) in [7, 11) is 0. The molecular weight excluding hydrogens is 270 g/mol. The molecule has 0 aromatic heterocycles. The van der Waals surface area contributed by atoms with Gasteiger partial charge in [0.15, 0.2) is 0 Å². The van der Waals surface area contributed by atoms with Crippen LogP contribution in [0.1, 0.15) is 55.6 Å². The second kappa shape index (κ2) is 4.37. The fourth-order valence-corrected chi connectivity index (χ4v) is 6.47. The summed E-state index contributed by atoms with van der Waals surface area (Å²) in [6, 6.07) is 6.53. The number of ketones is 1. The van der Waals surface area contributed by atoms with E-state index in [0.717, 1.165) is 24.3 Å². The third-order valence-electron chi connectivity index (χ3n) is 6.96. The third-order valence-corrected chi connectivity index (χ3v) is 6.96. The Morgan fingerprint density at radius 3 is 2.36 bits per heavy atom. The summed E-state index contributed by atoms with van der Waals surface area (Å²) in [4.78, 5) is 13.5. The Balaban J connectivity index is 1.50. The molecule has 22 heavy (non-hydrogen) atoms. The van der Waals surface area contributed by atoms with Crippen LogP contribution < -0.4 is 5.32 Å². The van der Waals surface area contributed by atoms with Crippen molar-refractivity contribution in [1.29, 1.82) is 0 Å². The number of carbonyl (C=O) groups excluding carboxylic acids is 1. The van der Waals surface area contributed by atoms with E-state index in [4.69, 9.17) is 0 Å². The molecule has 0 amide bonds. The molecular formula is C20H25NO. The highest BCUT2D eigenvalue weighted by Gasteiger charge is 2.56. The van der Waals surface area contributed by atoms with Gasteiger partial charge in [-0.05, 0) is 74.8 Å². The molecule has 1 aliphatic heterocycles. The third kappa shape index (κ3) is 1.76. The van der Waals surface area contributed by atoms with Crippen LogP contribution in [0.5, 0.6) is 0 Å². The Labute approximate surface area is 132 Å². The van der Waals surface area contributed by atoms with Gasteiger partial charge < -0.3 is 5.32 Å². The molecule has 1 N–H and O–H groups in total. The molecule has 6 rings (SSSR count). The topological polar surface area (TPSA) is 29.1 Å². The average Bonchev–Trinajstić information content (AvgIpc) is 2.87. The lowest BCUT2D eigenvalue weighted by Crippen LogP contribution is -2.51. The molecule has 4 bridgehead atoms. The summed E-state index contributed by atoms with van der Waals surface area (Å²) in [5.74, 6) is 3.22.